The second-order valence-electron chi connectivity index (χ2n) is 4.97. The first-order chi connectivity index (χ1) is 10.6. The van der Waals surface area contributed by atoms with Gasteiger partial charge >= 0.3 is 7.60 Å². The van der Waals surface area contributed by atoms with Gasteiger partial charge in [0.1, 0.15) is 5.75 Å². The second-order valence-corrected chi connectivity index (χ2v) is 6.94. The fourth-order valence-corrected chi connectivity index (χ4v) is 3.31. The second kappa shape index (κ2) is 8.14. The summed E-state index contributed by atoms with van der Waals surface area (Å²) in [4.78, 5) is 10.2. The molecule has 0 heterocycles. The number of para-hydroxylation sites is 1. The Kier molecular flexibility index (Phi) is 6.20. The van der Waals surface area contributed by atoms with Crippen molar-refractivity contribution in [1.82, 2.24) is 0 Å². The van der Waals surface area contributed by atoms with Gasteiger partial charge in [-0.05, 0) is 24.1 Å². The maximum absolute atomic E-state index is 12.5. The topological polar surface area (TPSA) is 55.8 Å². The molecule has 0 bridgehead atoms. The lowest BCUT2D eigenvalue weighted by Gasteiger charge is -2.23. The highest BCUT2D eigenvalue weighted by Gasteiger charge is 2.34. The van der Waals surface area contributed by atoms with E-state index in [9.17, 15) is 9.46 Å². The molecule has 0 fully saturated rings. The smallest absolute Gasteiger partial charge is 0.368 e. The van der Waals surface area contributed by atoms with Gasteiger partial charge in [-0.1, -0.05) is 55.5 Å². The van der Waals surface area contributed by atoms with Gasteiger partial charge in [0, 0.05) is 6.42 Å². The van der Waals surface area contributed by atoms with E-state index in [2.05, 4.69) is 0 Å². The zero-order valence-corrected chi connectivity index (χ0v) is 13.5. The van der Waals surface area contributed by atoms with Crippen LogP contribution in [0.3, 0.4) is 0 Å². The van der Waals surface area contributed by atoms with E-state index in [0.717, 1.165) is 5.56 Å². The van der Waals surface area contributed by atoms with Gasteiger partial charge in [-0.2, -0.15) is 0 Å². The summed E-state index contributed by atoms with van der Waals surface area (Å²) in [7, 11) is -3.87. The van der Waals surface area contributed by atoms with E-state index in [0.29, 0.717) is 18.6 Å². The fraction of sp³-hybridized carbons (Fsp3) is 0.294. The molecule has 22 heavy (non-hydrogen) atoms. The third kappa shape index (κ3) is 4.99. The third-order valence-corrected chi connectivity index (χ3v) is 4.68. The van der Waals surface area contributed by atoms with E-state index < -0.39 is 13.4 Å². The minimum absolute atomic E-state index is 0.233. The summed E-state index contributed by atoms with van der Waals surface area (Å²) in [6, 6.07) is 18.5. The lowest BCUT2D eigenvalue weighted by Crippen LogP contribution is -2.21. The Labute approximate surface area is 131 Å². The average molecular weight is 320 g/mol. The molecule has 0 aliphatic heterocycles. The first kappa shape index (κ1) is 16.8. The Morgan fingerprint density at radius 2 is 1.64 bits per heavy atom. The van der Waals surface area contributed by atoms with Crippen molar-refractivity contribution in [2.45, 2.75) is 25.6 Å². The first-order valence-corrected chi connectivity index (χ1v) is 8.99. The van der Waals surface area contributed by atoms with Crippen LogP contribution >= 0.6 is 7.60 Å². The normalized spacial score (nSPS) is 15.0. The van der Waals surface area contributed by atoms with E-state index >= 15 is 0 Å². The van der Waals surface area contributed by atoms with Crippen molar-refractivity contribution in [2.24, 2.45) is 0 Å². The Morgan fingerprint density at radius 1 is 1.05 bits per heavy atom. The molecular formula is C17H21O4P. The SMILES string of the molecule is CCCOP(=O)(O)C(Cc1ccccc1)Oc1ccccc1. The molecule has 0 aromatic heterocycles. The Bertz CT molecular complexity index is 559. The van der Waals surface area contributed by atoms with Crippen LogP contribution in [0, 0.1) is 0 Å². The largest absolute Gasteiger partial charge is 0.477 e. The van der Waals surface area contributed by atoms with Crippen molar-refractivity contribution in [1.29, 1.82) is 0 Å². The van der Waals surface area contributed by atoms with Gasteiger partial charge in [0.25, 0.3) is 0 Å². The highest BCUT2D eigenvalue weighted by Crippen LogP contribution is 2.49. The summed E-state index contributed by atoms with van der Waals surface area (Å²) in [6.45, 7) is 2.13. The van der Waals surface area contributed by atoms with Crippen molar-refractivity contribution < 1.29 is 18.7 Å². The van der Waals surface area contributed by atoms with Crippen LogP contribution in [0.5, 0.6) is 5.75 Å². The summed E-state index contributed by atoms with van der Waals surface area (Å²) in [5.74, 6) is -0.373. The van der Waals surface area contributed by atoms with Crippen LogP contribution in [0.2, 0.25) is 0 Å². The van der Waals surface area contributed by atoms with Crippen molar-refractivity contribution in [3.8, 4) is 5.75 Å². The number of hydrogen-bond acceptors (Lipinski definition) is 3. The lowest BCUT2D eigenvalue weighted by molar-refractivity contribution is 0.186. The summed E-state index contributed by atoms with van der Waals surface area (Å²) in [5.41, 5.74) is 0.929. The highest BCUT2D eigenvalue weighted by atomic mass is 31.2. The molecule has 0 aliphatic carbocycles. The van der Waals surface area contributed by atoms with E-state index in [4.69, 9.17) is 9.26 Å². The molecule has 2 aromatic carbocycles. The van der Waals surface area contributed by atoms with E-state index in [1.165, 1.54) is 0 Å². The lowest BCUT2D eigenvalue weighted by atomic mass is 10.2. The van der Waals surface area contributed by atoms with E-state index in [1.807, 2.05) is 55.5 Å². The highest BCUT2D eigenvalue weighted by molar-refractivity contribution is 7.53. The van der Waals surface area contributed by atoms with Crippen LogP contribution in [0.1, 0.15) is 18.9 Å². The Morgan fingerprint density at radius 3 is 2.23 bits per heavy atom. The quantitative estimate of drug-likeness (QED) is 0.739. The zero-order chi connectivity index (χ0) is 15.8. The van der Waals surface area contributed by atoms with Crippen molar-refractivity contribution >= 4 is 7.60 Å². The van der Waals surface area contributed by atoms with E-state index in [1.54, 1.807) is 12.1 Å². The number of hydrogen-bond donors (Lipinski definition) is 1. The maximum atomic E-state index is 12.5. The van der Waals surface area contributed by atoms with Gasteiger partial charge in [-0.25, -0.2) is 0 Å². The molecule has 0 saturated carbocycles. The van der Waals surface area contributed by atoms with Gasteiger partial charge < -0.3 is 14.2 Å². The van der Waals surface area contributed by atoms with E-state index in [-0.39, 0.29) is 6.61 Å². The Balaban J connectivity index is 2.18. The van der Waals surface area contributed by atoms with Crippen molar-refractivity contribution in [3.63, 3.8) is 0 Å². The third-order valence-electron chi connectivity index (χ3n) is 3.11. The monoisotopic (exact) mass is 320 g/mol. The molecule has 2 aromatic rings. The molecule has 0 saturated heterocycles. The molecule has 0 spiro atoms. The number of rotatable bonds is 8. The molecule has 4 nitrogen and oxygen atoms in total. The number of benzene rings is 2. The van der Waals surface area contributed by atoms with Crippen LogP contribution in [-0.2, 0) is 15.5 Å². The summed E-state index contributed by atoms with van der Waals surface area (Å²) in [6.07, 6.45) is 0.987. The van der Waals surface area contributed by atoms with Crippen LogP contribution in [0.4, 0.5) is 0 Å². The van der Waals surface area contributed by atoms with Crippen LogP contribution in [0.25, 0.3) is 0 Å². The molecule has 0 radical (unpaired) electrons. The van der Waals surface area contributed by atoms with Crippen LogP contribution < -0.4 is 4.74 Å². The molecule has 0 aliphatic rings. The fourth-order valence-electron chi connectivity index (χ4n) is 2.00. The van der Waals surface area contributed by atoms with Gasteiger partial charge in [0.15, 0.2) is 0 Å². The molecule has 2 atom stereocenters. The average Bonchev–Trinajstić information content (AvgIpc) is 2.54. The van der Waals surface area contributed by atoms with Crippen molar-refractivity contribution in [2.75, 3.05) is 6.61 Å². The summed E-state index contributed by atoms with van der Waals surface area (Å²) >= 11 is 0. The summed E-state index contributed by atoms with van der Waals surface area (Å²) < 4.78 is 23.4. The molecular weight excluding hydrogens is 299 g/mol. The maximum Gasteiger partial charge on any atom is 0.368 e. The molecule has 2 rings (SSSR count). The Hall–Kier alpha value is -1.61. The molecule has 1 N–H and O–H groups in total. The summed E-state index contributed by atoms with van der Waals surface area (Å²) in [5, 5.41) is 0. The van der Waals surface area contributed by atoms with Gasteiger partial charge in [-0.15, -0.1) is 0 Å². The van der Waals surface area contributed by atoms with Gasteiger partial charge in [-0.3, -0.25) is 4.57 Å². The van der Waals surface area contributed by atoms with Gasteiger partial charge in [0.05, 0.1) is 6.61 Å². The minimum atomic E-state index is -3.87. The zero-order valence-electron chi connectivity index (χ0n) is 12.6. The molecule has 5 heteroatoms. The number of ether oxygens (including phenoxy) is 1. The first-order valence-electron chi connectivity index (χ1n) is 7.34. The molecule has 0 amide bonds. The van der Waals surface area contributed by atoms with Crippen molar-refractivity contribution in [3.05, 3.63) is 66.2 Å². The molecule has 118 valence electrons. The predicted octanol–water partition coefficient (Wildman–Crippen LogP) is 4.25. The predicted molar refractivity (Wildman–Crippen MR) is 87.1 cm³/mol. The minimum Gasteiger partial charge on any atom is -0.477 e. The standard InChI is InChI=1S/C17H21O4P/c1-2-13-20-22(18,19)17(14-15-9-5-3-6-10-15)21-16-11-7-4-8-12-16/h3-12,17H,2,13-14H2,1H3,(H,18,19). The van der Waals surface area contributed by atoms with Gasteiger partial charge in [0.2, 0.25) is 5.85 Å². The molecule has 2 unspecified atom stereocenters. The van der Waals surface area contributed by atoms with Crippen LogP contribution in [-0.4, -0.2) is 17.3 Å². The van der Waals surface area contributed by atoms with Crippen LogP contribution in [0.15, 0.2) is 60.7 Å².